The van der Waals surface area contributed by atoms with Crippen LogP contribution in [0.5, 0.6) is 0 Å². The van der Waals surface area contributed by atoms with Crippen molar-refractivity contribution in [2.75, 3.05) is 24.3 Å². The highest BCUT2D eigenvalue weighted by Crippen LogP contribution is 2.22. The zero-order chi connectivity index (χ0) is 14.7. The highest BCUT2D eigenvalue weighted by Gasteiger charge is 2.04. The quantitative estimate of drug-likeness (QED) is 0.890. The highest BCUT2D eigenvalue weighted by atomic mass is 15.1. The van der Waals surface area contributed by atoms with Gasteiger partial charge in [0.2, 0.25) is 0 Å². The van der Waals surface area contributed by atoms with E-state index in [0.717, 1.165) is 6.54 Å². The second kappa shape index (κ2) is 6.00. The molecule has 0 saturated heterocycles. The lowest BCUT2D eigenvalue weighted by molar-refractivity contribution is 1.09. The average molecular weight is 268 g/mol. The molecule has 0 aromatic heterocycles. The minimum absolute atomic E-state index is 0.871. The molecule has 0 amide bonds. The van der Waals surface area contributed by atoms with Gasteiger partial charge in [-0.3, -0.25) is 0 Å². The second-order valence-electron chi connectivity index (χ2n) is 5.61. The van der Waals surface area contributed by atoms with Crippen molar-refractivity contribution in [2.45, 2.75) is 27.3 Å². The molecule has 0 spiro atoms. The van der Waals surface area contributed by atoms with E-state index >= 15 is 0 Å². The van der Waals surface area contributed by atoms with E-state index in [1.807, 2.05) is 0 Å². The Morgan fingerprint density at radius 2 is 1.70 bits per heavy atom. The van der Waals surface area contributed by atoms with E-state index in [2.05, 4.69) is 81.5 Å². The van der Waals surface area contributed by atoms with Gasteiger partial charge in [0.15, 0.2) is 0 Å². The molecular weight excluding hydrogens is 244 g/mol. The lowest BCUT2D eigenvalue weighted by Gasteiger charge is -2.17. The summed E-state index contributed by atoms with van der Waals surface area (Å²) in [5.74, 6) is 0. The molecule has 0 aliphatic heterocycles. The molecule has 20 heavy (non-hydrogen) atoms. The topological polar surface area (TPSA) is 15.3 Å². The number of benzene rings is 2. The van der Waals surface area contributed by atoms with E-state index < -0.39 is 0 Å². The van der Waals surface area contributed by atoms with Gasteiger partial charge in [0.1, 0.15) is 0 Å². The number of rotatable bonds is 4. The standard InChI is InChI=1S/C18H24N2/c1-13-7-6-8-16(15(13)3)12-19-18-10-9-17(20(4)5)11-14(18)2/h6-11,19H,12H2,1-5H3. The Balaban J connectivity index is 2.13. The van der Waals surface area contributed by atoms with Gasteiger partial charge in [-0.05, 0) is 61.2 Å². The number of aryl methyl sites for hydroxylation is 2. The van der Waals surface area contributed by atoms with Crippen LogP contribution in [0.3, 0.4) is 0 Å². The Morgan fingerprint density at radius 3 is 2.35 bits per heavy atom. The smallest absolute Gasteiger partial charge is 0.0403 e. The van der Waals surface area contributed by atoms with Gasteiger partial charge in [0.05, 0.1) is 0 Å². The molecule has 0 unspecified atom stereocenters. The van der Waals surface area contributed by atoms with Gasteiger partial charge in [-0.25, -0.2) is 0 Å². The first kappa shape index (κ1) is 14.4. The van der Waals surface area contributed by atoms with E-state index in [-0.39, 0.29) is 0 Å². The molecule has 0 aliphatic rings. The Kier molecular flexibility index (Phi) is 4.33. The first-order valence-corrected chi connectivity index (χ1v) is 7.06. The minimum Gasteiger partial charge on any atom is -0.381 e. The number of nitrogens with zero attached hydrogens (tertiary/aromatic N) is 1. The summed E-state index contributed by atoms with van der Waals surface area (Å²) < 4.78 is 0. The van der Waals surface area contributed by atoms with Crippen molar-refractivity contribution in [3.05, 3.63) is 58.7 Å². The molecule has 2 aromatic rings. The predicted octanol–water partition coefficient (Wildman–Crippen LogP) is 4.29. The Morgan fingerprint density at radius 1 is 0.950 bits per heavy atom. The normalized spacial score (nSPS) is 10.4. The van der Waals surface area contributed by atoms with Crippen molar-refractivity contribution in [1.29, 1.82) is 0 Å². The van der Waals surface area contributed by atoms with Crippen LogP contribution in [0.2, 0.25) is 0 Å². The first-order chi connectivity index (χ1) is 9.49. The van der Waals surface area contributed by atoms with Crippen LogP contribution < -0.4 is 10.2 Å². The van der Waals surface area contributed by atoms with Crippen molar-refractivity contribution in [3.8, 4) is 0 Å². The molecule has 0 heterocycles. The maximum atomic E-state index is 3.54. The molecule has 2 heteroatoms. The van der Waals surface area contributed by atoms with Gasteiger partial charge in [-0.15, -0.1) is 0 Å². The number of anilines is 2. The molecule has 0 aliphatic carbocycles. The Hall–Kier alpha value is -1.96. The van der Waals surface area contributed by atoms with Crippen molar-refractivity contribution in [2.24, 2.45) is 0 Å². The summed E-state index contributed by atoms with van der Waals surface area (Å²) in [5, 5.41) is 3.54. The van der Waals surface area contributed by atoms with Crippen molar-refractivity contribution in [1.82, 2.24) is 0 Å². The molecule has 106 valence electrons. The molecule has 2 rings (SSSR count). The van der Waals surface area contributed by atoms with Crippen LogP contribution in [0, 0.1) is 20.8 Å². The fraction of sp³-hybridized carbons (Fsp3) is 0.333. The van der Waals surface area contributed by atoms with Gasteiger partial charge >= 0.3 is 0 Å². The number of hydrogen-bond acceptors (Lipinski definition) is 2. The van der Waals surface area contributed by atoms with Crippen LogP contribution in [-0.2, 0) is 6.54 Å². The third-order valence-corrected chi connectivity index (χ3v) is 3.91. The van der Waals surface area contributed by atoms with Crippen LogP contribution in [0.25, 0.3) is 0 Å². The van der Waals surface area contributed by atoms with Gasteiger partial charge in [-0.2, -0.15) is 0 Å². The molecule has 2 aromatic carbocycles. The summed E-state index contributed by atoms with van der Waals surface area (Å²) in [5.41, 5.74) is 7.81. The molecule has 0 radical (unpaired) electrons. The van der Waals surface area contributed by atoms with Crippen LogP contribution in [-0.4, -0.2) is 14.1 Å². The zero-order valence-corrected chi connectivity index (χ0v) is 13.1. The fourth-order valence-electron chi connectivity index (χ4n) is 2.32. The maximum absolute atomic E-state index is 3.54. The van der Waals surface area contributed by atoms with Crippen LogP contribution in [0.1, 0.15) is 22.3 Å². The Bertz CT molecular complexity index is 600. The third-order valence-electron chi connectivity index (χ3n) is 3.91. The molecule has 0 fully saturated rings. The largest absolute Gasteiger partial charge is 0.381 e. The lowest BCUT2D eigenvalue weighted by atomic mass is 10.0. The fourth-order valence-corrected chi connectivity index (χ4v) is 2.32. The van der Waals surface area contributed by atoms with Gasteiger partial charge < -0.3 is 10.2 Å². The molecule has 0 saturated carbocycles. The van der Waals surface area contributed by atoms with E-state index in [0.29, 0.717) is 0 Å². The summed E-state index contributed by atoms with van der Waals surface area (Å²) >= 11 is 0. The van der Waals surface area contributed by atoms with Crippen molar-refractivity contribution < 1.29 is 0 Å². The van der Waals surface area contributed by atoms with E-state index in [4.69, 9.17) is 0 Å². The summed E-state index contributed by atoms with van der Waals surface area (Å²) in [6.45, 7) is 7.37. The minimum atomic E-state index is 0.871. The van der Waals surface area contributed by atoms with Crippen LogP contribution in [0.15, 0.2) is 36.4 Å². The number of hydrogen-bond donors (Lipinski definition) is 1. The first-order valence-electron chi connectivity index (χ1n) is 7.06. The number of nitrogens with one attached hydrogen (secondary N) is 1. The van der Waals surface area contributed by atoms with Crippen LogP contribution in [0.4, 0.5) is 11.4 Å². The van der Waals surface area contributed by atoms with Crippen LogP contribution >= 0.6 is 0 Å². The Labute approximate surface area is 122 Å². The second-order valence-corrected chi connectivity index (χ2v) is 5.61. The van der Waals surface area contributed by atoms with Crippen molar-refractivity contribution >= 4 is 11.4 Å². The van der Waals surface area contributed by atoms with Gasteiger partial charge in [-0.1, -0.05) is 18.2 Å². The lowest BCUT2D eigenvalue weighted by Crippen LogP contribution is -2.09. The summed E-state index contributed by atoms with van der Waals surface area (Å²) in [6.07, 6.45) is 0. The third kappa shape index (κ3) is 3.13. The summed E-state index contributed by atoms with van der Waals surface area (Å²) in [6, 6.07) is 13.0. The monoisotopic (exact) mass is 268 g/mol. The molecule has 2 nitrogen and oxygen atoms in total. The average Bonchev–Trinajstić information content (AvgIpc) is 2.41. The molecule has 0 atom stereocenters. The maximum Gasteiger partial charge on any atom is 0.0403 e. The van der Waals surface area contributed by atoms with Gasteiger partial charge in [0, 0.05) is 32.0 Å². The van der Waals surface area contributed by atoms with Gasteiger partial charge in [0.25, 0.3) is 0 Å². The predicted molar refractivity (Wildman–Crippen MR) is 88.7 cm³/mol. The molecular formula is C18H24N2. The SMILES string of the molecule is Cc1cc(N(C)C)ccc1NCc1cccc(C)c1C. The summed E-state index contributed by atoms with van der Waals surface area (Å²) in [4.78, 5) is 2.13. The zero-order valence-electron chi connectivity index (χ0n) is 13.1. The molecule has 1 N–H and O–H groups in total. The van der Waals surface area contributed by atoms with E-state index in [9.17, 15) is 0 Å². The highest BCUT2D eigenvalue weighted by molar-refractivity contribution is 5.60. The van der Waals surface area contributed by atoms with Crippen molar-refractivity contribution in [3.63, 3.8) is 0 Å². The van der Waals surface area contributed by atoms with E-state index in [1.165, 1.54) is 33.6 Å². The molecule has 0 bridgehead atoms. The summed E-state index contributed by atoms with van der Waals surface area (Å²) in [7, 11) is 4.13. The van der Waals surface area contributed by atoms with E-state index in [1.54, 1.807) is 0 Å².